The topological polar surface area (TPSA) is 85.8 Å². The summed E-state index contributed by atoms with van der Waals surface area (Å²) in [5.74, 6) is 0.102. The largest absolute Gasteiger partial charge is 0.367 e. The van der Waals surface area contributed by atoms with E-state index in [1.54, 1.807) is 0 Å². The average molecular weight is 197 g/mol. The van der Waals surface area contributed by atoms with Crippen LogP contribution in [0.5, 0.6) is 0 Å². The molecule has 0 saturated heterocycles. The molecule has 6 nitrogen and oxygen atoms in total. The van der Waals surface area contributed by atoms with Crippen LogP contribution in [-0.2, 0) is 11.3 Å². The summed E-state index contributed by atoms with van der Waals surface area (Å²) in [4.78, 5) is 15.1. The number of aromatic nitrogens is 3. The maximum atomic E-state index is 11.4. The molecule has 0 aliphatic rings. The van der Waals surface area contributed by atoms with Crippen molar-refractivity contribution in [2.75, 3.05) is 5.73 Å². The van der Waals surface area contributed by atoms with Gasteiger partial charge < -0.3 is 11.1 Å². The number of rotatable bonds is 4. The summed E-state index contributed by atoms with van der Waals surface area (Å²) in [5, 5.41) is 6.63. The number of carbonyl (C=O) groups excluding carboxylic acids is 1. The summed E-state index contributed by atoms with van der Waals surface area (Å²) in [6, 6.07) is 0.184. The molecule has 14 heavy (non-hydrogen) atoms. The highest BCUT2D eigenvalue weighted by molar-refractivity contribution is 5.75. The molecule has 1 amide bonds. The Morgan fingerprint density at radius 3 is 3.00 bits per heavy atom. The van der Waals surface area contributed by atoms with Gasteiger partial charge in [0.2, 0.25) is 11.9 Å². The van der Waals surface area contributed by atoms with Crippen LogP contribution in [0.3, 0.4) is 0 Å². The molecule has 1 unspecified atom stereocenters. The van der Waals surface area contributed by atoms with Crippen molar-refractivity contribution in [3.8, 4) is 0 Å². The Morgan fingerprint density at radius 1 is 1.79 bits per heavy atom. The first-order chi connectivity index (χ1) is 6.61. The van der Waals surface area contributed by atoms with Crippen LogP contribution in [0.1, 0.15) is 20.3 Å². The van der Waals surface area contributed by atoms with Gasteiger partial charge in [-0.1, -0.05) is 6.92 Å². The van der Waals surface area contributed by atoms with Crippen molar-refractivity contribution in [1.29, 1.82) is 0 Å². The number of hydrogen-bond acceptors (Lipinski definition) is 4. The van der Waals surface area contributed by atoms with E-state index in [2.05, 4.69) is 15.4 Å². The summed E-state index contributed by atoms with van der Waals surface area (Å²) in [6.45, 7) is 4.13. The van der Waals surface area contributed by atoms with Gasteiger partial charge in [-0.05, 0) is 13.3 Å². The van der Waals surface area contributed by atoms with Crippen LogP contribution in [0.4, 0.5) is 5.95 Å². The minimum atomic E-state index is -0.0794. The molecule has 0 saturated carbocycles. The molecule has 1 heterocycles. The number of amides is 1. The molecular formula is C8H15N5O. The van der Waals surface area contributed by atoms with Crippen molar-refractivity contribution in [3.63, 3.8) is 0 Å². The number of nitrogens with two attached hydrogens (primary N) is 1. The van der Waals surface area contributed by atoms with Gasteiger partial charge in [0.15, 0.2) is 0 Å². The zero-order valence-corrected chi connectivity index (χ0v) is 8.40. The second-order valence-corrected chi connectivity index (χ2v) is 3.18. The fourth-order valence-electron chi connectivity index (χ4n) is 0.955. The van der Waals surface area contributed by atoms with Crippen LogP contribution in [0, 0.1) is 0 Å². The molecule has 1 rings (SSSR count). The Labute approximate surface area is 82.5 Å². The third-order valence-electron chi connectivity index (χ3n) is 1.88. The third kappa shape index (κ3) is 3.04. The highest BCUT2D eigenvalue weighted by Gasteiger charge is 2.06. The van der Waals surface area contributed by atoms with E-state index in [0.717, 1.165) is 6.42 Å². The van der Waals surface area contributed by atoms with Gasteiger partial charge in [0, 0.05) is 6.04 Å². The van der Waals surface area contributed by atoms with Crippen molar-refractivity contribution in [1.82, 2.24) is 20.1 Å². The Bertz CT molecular complexity index is 308. The van der Waals surface area contributed by atoms with Gasteiger partial charge in [0.1, 0.15) is 12.9 Å². The van der Waals surface area contributed by atoms with E-state index in [4.69, 9.17) is 5.73 Å². The summed E-state index contributed by atoms with van der Waals surface area (Å²) in [7, 11) is 0. The minimum absolute atomic E-state index is 0.0794. The van der Waals surface area contributed by atoms with Crippen LogP contribution < -0.4 is 11.1 Å². The zero-order valence-electron chi connectivity index (χ0n) is 8.40. The van der Waals surface area contributed by atoms with Gasteiger partial charge in [0.25, 0.3) is 0 Å². The summed E-state index contributed by atoms with van der Waals surface area (Å²) >= 11 is 0. The lowest BCUT2D eigenvalue weighted by molar-refractivity contribution is -0.122. The Kier molecular flexibility index (Phi) is 3.44. The van der Waals surface area contributed by atoms with E-state index < -0.39 is 0 Å². The van der Waals surface area contributed by atoms with Crippen molar-refractivity contribution in [2.24, 2.45) is 0 Å². The van der Waals surface area contributed by atoms with Gasteiger partial charge in [-0.3, -0.25) is 4.79 Å². The van der Waals surface area contributed by atoms with E-state index in [1.165, 1.54) is 11.0 Å². The fourth-order valence-corrected chi connectivity index (χ4v) is 0.955. The Hall–Kier alpha value is -1.59. The smallest absolute Gasteiger partial charge is 0.242 e. The average Bonchev–Trinajstić information content (AvgIpc) is 2.50. The van der Waals surface area contributed by atoms with Crippen molar-refractivity contribution in [3.05, 3.63) is 6.33 Å². The van der Waals surface area contributed by atoms with E-state index in [1.807, 2.05) is 13.8 Å². The van der Waals surface area contributed by atoms with E-state index in [0.29, 0.717) is 0 Å². The Balaban J connectivity index is 2.41. The van der Waals surface area contributed by atoms with Gasteiger partial charge in [-0.15, -0.1) is 5.10 Å². The first kappa shape index (κ1) is 10.5. The molecule has 0 aliphatic carbocycles. The van der Waals surface area contributed by atoms with E-state index in [9.17, 15) is 4.79 Å². The second-order valence-electron chi connectivity index (χ2n) is 3.18. The molecule has 0 radical (unpaired) electrons. The zero-order chi connectivity index (χ0) is 10.6. The number of carbonyl (C=O) groups is 1. The monoisotopic (exact) mass is 197 g/mol. The molecule has 0 bridgehead atoms. The standard InChI is InChI=1S/C8H15N5O/c1-3-6(2)11-7(14)4-13-5-10-8(9)12-13/h5-6H,3-4H2,1-2H3,(H2,9,12)(H,11,14). The van der Waals surface area contributed by atoms with E-state index >= 15 is 0 Å². The summed E-state index contributed by atoms with van der Waals surface area (Å²) in [5.41, 5.74) is 5.31. The lowest BCUT2D eigenvalue weighted by Crippen LogP contribution is -2.34. The third-order valence-corrected chi connectivity index (χ3v) is 1.88. The van der Waals surface area contributed by atoms with Gasteiger partial charge in [-0.2, -0.15) is 0 Å². The SMILES string of the molecule is CCC(C)NC(=O)Cn1cnc(N)n1. The second kappa shape index (κ2) is 4.59. The van der Waals surface area contributed by atoms with Crippen LogP contribution in [0.15, 0.2) is 6.33 Å². The lowest BCUT2D eigenvalue weighted by Gasteiger charge is -2.10. The highest BCUT2D eigenvalue weighted by atomic mass is 16.2. The molecular weight excluding hydrogens is 182 g/mol. The maximum Gasteiger partial charge on any atom is 0.242 e. The highest BCUT2D eigenvalue weighted by Crippen LogP contribution is 1.91. The van der Waals surface area contributed by atoms with Gasteiger partial charge in [-0.25, -0.2) is 9.67 Å². The number of nitrogen functional groups attached to an aromatic ring is 1. The van der Waals surface area contributed by atoms with Crippen molar-refractivity contribution < 1.29 is 4.79 Å². The molecule has 0 spiro atoms. The van der Waals surface area contributed by atoms with Crippen LogP contribution in [-0.4, -0.2) is 26.7 Å². The van der Waals surface area contributed by atoms with E-state index in [-0.39, 0.29) is 24.4 Å². The maximum absolute atomic E-state index is 11.4. The number of anilines is 1. The summed E-state index contributed by atoms with van der Waals surface area (Å²) < 4.78 is 1.41. The molecule has 78 valence electrons. The van der Waals surface area contributed by atoms with Crippen LogP contribution in [0.2, 0.25) is 0 Å². The molecule has 1 aromatic rings. The fraction of sp³-hybridized carbons (Fsp3) is 0.625. The first-order valence-corrected chi connectivity index (χ1v) is 4.56. The number of nitrogens with one attached hydrogen (secondary N) is 1. The molecule has 3 N–H and O–H groups in total. The lowest BCUT2D eigenvalue weighted by atomic mass is 10.2. The van der Waals surface area contributed by atoms with Crippen LogP contribution in [0.25, 0.3) is 0 Å². The molecule has 6 heteroatoms. The van der Waals surface area contributed by atoms with Crippen molar-refractivity contribution in [2.45, 2.75) is 32.9 Å². The minimum Gasteiger partial charge on any atom is -0.367 e. The molecule has 0 aliphatic heterocycles. The predicted molar refractivity (Wildman–Crippen MR) is 52.3 cm³/mol. The predicted octanol–water partition coefficient (Wildman–Crippen LogP) is -0.225. The van der Waals surface area contributed by atoms with Gasteiger partial charge >= 0.3 is 0 Å². The van der Waals surface area contributed by atoms with Crippen LogP contribution >= 0.6 is 0 Å². The molecule has 1 atom stereocenters. The number of nitrogens with zero attached hydrogens (tertiary/aromatic N) is 3. The molecule has 1 aromatic heterocycles. The number of hydrogen-bond donors (Lipinski definition) is 2. The molecule has 0 fully saturated rings. The summed E-state index contributed by atoms with van der Waals surface area (Å²) in [6.07, 6.45) is 2.34. The van der Waals surface area contributed by atoms with Gasteiger partial charge in [0.05, 0.1) is 0 Å². The normalized spacial score (nSPS) is 12.4. The first-order valence-electron chi connectivity index (χ1n) is 4.56. The Morgan fingerprint density at radius 2 is 2.50 bits per heavy atom. The van der Waals surface area contributed by atoms with Crippen molar-refractivity contribution >= 4 is 11.9 Å². The molecule has 0 aromatic carbocycles. The quantitative estimate of drug-likeness (QED) is 0.698.